The highest BCUT2D eigenvalue weighted by atomic mass is 35.5. The van der Waals surface area contributed by atoms with Gasteiger partial charge in [0.2, 0.25) is 11.8 Å². The van der Waals surface area contributed by atoms with Crippen LogP contribution in [0.2, 0.25) is 5.02 Å². The number of thiazole rings is 1. The lowest BCUT2D eigenvalue weighted by Gasteiger charge is -2.43. The first-order valence-corrected chi connectivity index (χ1v) is 16.4. The third-order valence-electron chi connectivity index (χ3n) is 9.59. The average molecular weight is 631 g/mol. The summed E-state index contributed by atoms with van der Waals surface area (Å²) in [6.45, 7) is 0.405. The quantitative estimate of drug-likeness (QED) is 0.250. The molecule has 8 rings (SSSR count). The van der Waals surface area contributed by atoms with Gasteiger partial charge in [-0.15, -0.1) is 11.8 Å². The van der Waals surface area contributed by atoms with E-state index in [1.54, 1.807) is 43.1 Å². The molecule has 3 fully saturated rings. The van der Waals surface area contributed by atoms with Crippen LogP contribution >= 0.6 is 34.7 Å². The highest BCUT2D eigenvalue weighted by molar-refractivity contribution is 8.00. The zero-order valence-electron chi connectivity index (χ0n) is 23.1. The number of amides is 2. The predicted molar refractivity (Wildman–Crippen MR) is 166 cm³/mol. The summed E-state index contributed by atoms with van der Waals surface area (Å²) in [6.07, 6.45) is 0.849. The first-order chi connectivity index (χ1) is 20.9. The zero-order valence-corrected chi connectivity index (χ0v) is 25.5. The SMILES string of the molecule is COc1ccc(N2C(=O)C3C(C2=O)[C@@H]2C[C@H]3C3Sc4[nH]c(=O)sc4C(c4ccc(OCc5cccc(Cl)c5)cc4)C32)cc1. The van der Waals surface area contributed by atoms with E-state index in [0.717, 1.165) is 33.2 Å². The van der Waals surface area contributed by atoms with Gasteiger partial charge in [-0.3, -0.25) is 19.3 Å². The van der Waals surface area contributed by atoms with Crippen molar-refractivity contribution in [2.24, 2.45) is 29.6 Å². The zero-order chi connectivity index (χ0) is 29.4. The van der Waals surface area contributed by atoms with Crippen molar-refractivity contribution in [1.82, 2.24) is 4.98 Å². The molecular weight excluding hydrogens is 604 g/mol. The van der Waals surface area contributed by atoms with Crippen LogP contribution in [0.1, 0.15) is 28.3 Å². The third-order valence-corrected chi connectivity index (χ3v) is 12.4. The Bertz CT molecular complexity index is 1800. The molecule has 2 amide bonds. The topological polar surface area (TPSA) is 88.7 Å². The number of imide groups is 1. The molecule has 1 saturated heterocycles. The number of carbonyl (C=O) groups excluding carboxylic acids is 2. The fraction of sp³-hybridized carbons (Fsp3) is 0.303. The summed E-state index contributed by atoms with van der Waals surface area (Å²) in [7, 11) is 1.59. The number of carbonyl (C=O) groups is 2. The molecule has 3 heterocycles. The lowest BCUT2D eigenvalue weighted by Crippen LogP contribution is -2.42. The number of thioether (sulfide) groups is 1. The van der Waals surface area contributed by atoms with E-state index in [2.05, 4.69) is 17.1 Å². The Morgan fingerprint density at radius 2 is 1.65 bits per heavy atom. The van der Waals surface area contributed by atoms with Crippen LogP contribution in [0.3, 0.4) is 0 Å². The maximum absolute atomic E-state index is 14.0. The second-order valence-electron chi connectivity index (χ2n) is 11.7. The van der Waals surface area contributed by atoms with Crippen LogP contribution in [0.15, 0.2) is 82.6 Å². The molecule has 0 spiro atoms. The summed E-state index contributed by atoms with van der Waals surface area (Å²) in [5.74, 6) is 0.765. The van der Waals surface area contributed by atoms with Crippen LogP contribution in [0, 0.1) is 29.6 Å². The van der Waals surface area contributed by atoms with E-state index < -0.39 is 0 Å². The minimum atomic E-state index is -0.346. The number of aromatic nitrogens is 1. The van der Waals surface area contributed by atoms with Crippen molar-refractivity contribution in [3.05, 3.63) is 103 Å². The number of halogens is 1. The van der Waals surface area contributed by atoms with Crippen molar-refractivity contribution in [2.45, 2.75) is 29.2 Å². The van der Waals surface area contributed by atoms with Gasteiger partial charge in [-0.2, -0.15) is 0 Å². The molecule has 1 aromatic heterocycles. The van der Waals surface area contributed by atoms with Gasteiger partial charge in [-0.05, 0) is 83.8 Å². The van der Waals surface area contributed by atoms with Gasteiger partial charge < -0.3 is 14.5 Å². The highest BCUT2D eigenvalue weighted by Gasteiger charge is 2.69. The molecule has 2 saturated carbocycles. The van der Waals surface area contributed by atoms with E-state index in [0.29, 0.717) is 23.1 Å². The summed E-state index contributed by atoms with van der Waals surface area (Å²) in [5, 5.41) is 1.71. The molecule has 43 heavy (non-hydrogen) atoms. The number of nitrogens with one attached hydrogen (secondary N) is 1. The number of aromatic amines is 1. The number of nitrogens with zero attached hydrogens (tertiary/aromatic N) is 1. The largest absolute Gasteiger partial charge is 0.497 e. The third kappa shape index (κ3) is 4.27. The van der Waals surface area contributed by atoms with Gasteiger partial charge in [-0.1, -0.05) is 47.2 Å². The van der Waals surface area contributed by atoms with E-state index in [4.69, 9.17) is 21.1 Å². The minimum Gasteiger partial charge on any atom is -0.497 e. The van der Waals surface area contributed by atoms with Crippen LogP contribution in [0.5, 0.6) is 11.5 Å². The lowest BCUT2D eigenvalue weighted by molar-refractivity contribution is -0.123. The smallest absolute Gasteiger partial charge is 0.305 e. The first-order valence-electron chi connectivity index (χ1n) is 14.3. The van der Waals surface area contributed by atoms with Crippen LogP contribution in [0.4, 0.5) is 5.69 Å². The van der Waals surface area contributed by atoms with Gasteiger partial charge in [-0.25, -0.2) is 0 Å². The fourth-order valence-corrected chi connectivity index (χ4v) is 11.0. The Morgan fingerprint density at radius 3 is 2.37 bits per heavy atom. The monoisotopic (exact) mass is 630 g/mol. The summed E-state index contributed by atoms with van der Waals surface area (Å²) in [5.41, 5.74) is 2.67. The van der Waals surface area contributed by atoms with Gasteiger partial charge >= 0.3 is 4.87 Å². The van der Waals surface area contributed by atoms with Crippen LogP contribution in [0.25, 0.3) is 0 Å². The van der Waals surface area contributed by atoms with Crippen molar-refractivity contribution < 1.29 is 19.1 Å². The lowest BCUT2D eigenvalue weighted by atomic mass is 9.68. The van der Waals surface area contributed by atoms with Gasteiger partial charge in [0.25, 0.3) is 0 Å². The number of methoxy groups -OCH3 is 1. The van der Waals surface area contributed by atoms with Gasteiger partial charge in [0, 0.05) is 21.1 Å². The molecule has 3 aromatic carbocycles. The van der Waals surface area contributed by atoms with Crippen LogP contribution < -0.4 is 19.2 Å². The van der Waals surface area contributed by atoms with Crippen molar-refractivity contribution in [3.8, 4) is 11.5 Å². The molecule has 1 N–H and O–H groups in total. The second kappa shape index (κ2) is 10.3. The Balaban J connectivity index is 1.11. The maximum Gasteiger partial charge on any atom is 0.305 e. The summed E-state index contributed by atoms with van der Waals surface area (Å²) in [4.78, 5) is 45.8. The van der Waals surface area contributed by atoms with Crippen molar-refractivity contribution in [2.75, 3.05) is 12.0 Å². The number of H-pyrrole nitrogens is 1. The standard InChI is InChI=1S/C33H27ClN2O5S2/c1-40-20-11-7-19(8-12-20)36-31(37)26-22-14-23(27(26)32(36)38)28-25(22)24(29-30(42-28)35-33(39)43-29)17-5-9-21(10-6-17)41-15-16-3-2-4-18(34)13-16/h2-13,22-28H,14-15H2,1H3,(H,35,39)/t22-,23-,24?,25?,26?,27?,28?/m1/s1. The van der Waals surface area contributed by atoms with Crippen molar-refractivity contribution in [1.29, 1.82) is 0 Å². The second-order valence-corrected chi connectivity index (χ2v) is 14.3. The van der Waals surface area contributed by atoms with E-state index >= 15 is 0 Å². The number of hydrogen-bond donors (Lipinski definition) is 1. The van der Waals surface area contributed by atoms with E-state index in [-0.39, 0.29) is 57.4 Å². The fourth-order valence-electron chi connectivity index (χ4n) is 7.94. The van der Waals surface area contributed by atoms with E-state index in [9.17, 15) is 14.4 Å². The molecule has 7 nitrogen and oxygen atoms in total. The number of rotatable bonds is 6. The number of hydrogen-bond acceptors (Lipinski definition) is 7. The number of ether oxygens (including phenoxy) is 2. The van der Waals surface area contributed by atoms with Crippen molar-refractivity contribution in [3.63, 3.8) is 0 Å². The van der Waals surface area contributed by atoms with Crippen LogP contribution in [-0.4, -0.2) is 29.2 Å². The predicted octanol–water partition coefficient (Wildman–Crippen LogP) is 6.36. The van der Waals surface area contributed by atoms with Gasteiger partial charge in [0.15, 0.2) is 0 Å². The van der Waals surface area contributed by atoms with E-state index in [1.165, 1.54) is 16.2 Å². The summed E-state index contributed by atoms with van der Waals surface area (Å²) in [6, 6.07) is 22.8. The molecule has 5 unspecified atom stereocenters. The van der Waals surface area contributed by atoms with Crippen molar-refractivity contribution >= 4 is 52.2 Å². The Morgan fingerprint density at radius 1 is 0.930 bits per heavy atom. The van der Waals surface area contributed by atoms with Gasteiger partial charge in [0.1, 0.15) is 18.1 Å². The summed E-state index contributed by atoms with van der Waals surface area (Å²) < 4.78 is 11.3. The molecule has 10 heteroatoms. The molecule has 2 aliphatic heterocycles. The number of anilines is 1. The molecule has 2 bridgehead atoms. The molecule has 0 radical (unpaired) electrons. The average Bonchev–Trinajstić information content (AvgIpc) is 3.75. The normalized spacial score (nSPS) is 28.5. The molecule has 218 valence electrons. The summed E-state index contributed by atoms with van der Waals surface area (Å²) >= 11 is 9.08. The highest BCUT2D eigenvalue weighted by Crippen LogP contribution is 2.68. The number of fused-ring (bicyclic) bond motifs is 9. The van der Waals surface area contributed by atoms with Gasteiger partial charge in [0.05, 0.1) is 29.7 Å². The molecular formula is C33H27ClN2O5S2. The molecule has 2 aliphatic carbocycles. The Labute approximate surface area is 261 Å². The van der Waals surface area contributed by atoms with Crippen LogP contribution in [-0.2, 0) is 16.2 Å². The first kappa shape index (κ1) is 27.0. The molecule has 4 aromatic rings. The molecule has 7 atom stereocenters. The maximum atomic E-state index is 14.0. The molecule has 4 aliphatic rings. The Kier molecular flexibility index (Phi) is 6.47. The van der Waals surface area contributed by atoms with E-state index in [1.807, 2.05) is 36.4 Å². The Hall–Kier alpha value is -3.53. The number of benzene rings is 3. The minimum absolute atomic E-state index is 0.0407.